The van der Waals surface area contributed by atoms with Crippen LogP contribution in [0.5, 0.6) is 5.75 Å². The van der Waals surface area contributed by atoms with Crippen molar-refractivity contribution in [3.05, 3.63) is 45.9 Å². The van der Waals surface area contributed by atoms with Crippen molar-refractivity contribution in [1.82, 2.24) is 15.6 Å². The second-order valence-electron chi connectivity index (χ2n) is 5.59. The molecule has 0 saturated heterocycles. The normalized spacial score (nSPS) is 11.0. The van der Waals surface area contributed by atoms with E-state index >= 15 is 0 Å². The molecular weight excluding hydrogens is 459 g/mol. The Hall–Kier alpha value is -1.35. The molecule has 26 heavy (non-hydrogen) atoms. The first-order chi connectivity index (χ1) is 12.2. The minimum absolute atomic E-state index is 0. The molecule has 0 amide bonds. The van der Waals surface area contributed by atoms with E-state index in [1.165, 1.54) is 10.4 Å². The Balaban J connectivity index is 0.00000338. The van der Waals surface area contributed by atoms with E-state index in [4.69, 9.17) is 4.74 Å². The average Bonchev–Trinajstić information content (AvgIpc) is 3.02. The van der Waals surface area contributed by atoms with Crippen LogP contribution in [0.3, 0.4) is 0 Å². The first-order valence-electron chi connectivity index (χ1n) is 8.87. The summed E-state index contributed by atoms with van der Waals surface area (Å²) in [7, 11) is 0. The van der Waals surface area contributed by atoms with Gasteiger partial charge in [0.1, 0.15) is 5.75 Å². The number of rotatable bonds is 9. The van der Waals surface area contributed by atoms with Crippen molar-refractivity contribution < 1.29 is 4.74 Å². The van der Waals surface area contributed by atoms with Crippen molar-refractivity contribution >= 4 is 41.3 Å². The maximum Gasteiger partial charge on any atom is 0.191 e. The molecule has 0 unspecified atom stereocenters. The van der Waals surface area contributed by atoms with Crippen molar-refractivity contribution in [1.29, 1.82) is 0 Å². The number of hydrogen-bond donors (Lipinski definition) is 2. The molecule has 7 heteroatoms. The zero-order valence-corrected chi connectivity index (χ0v) is 18.9. The van der Waals surface area contributed by atoms with Gasteiger partial charge in [-0.1, -0.05) is 18.2 Å². The van der Waals surface area contributed by atoms with Crippen LogP contribution in [0, 0.1) is 6.92 Å². The lowest BCUT2D eigenvalue weighted by Gasteiger charge is -2.13. The topological polar surface area (TPSA) is 58.5 Å². The zero-order valence-electron chi connectivity index (χ0n) is 15.7. The number of benzene rings is 1. The lowest BCUT2D eigenvalue weighted by molar-refractivity contribution is 0.336. The molecule has 144 valence electrons. The average molecular weight is 488 g/mol. The van der Waals surface area contributed by atoms with E-state index in [1.54, 1.807) is 11.3 Å². The number of nitrogens with zero attached hydrogens (tertiary/aromatic N) is 2. The second kappa shape index (κ2) is 12.9. The van der Waals surface area contributed by atoms with E-state index in [0.29, 0.717) is 6.61 Å². The largest absolute Gasteiger partial charge is 0.494 e. The van der Waals surface area contributed by atoms with Crippen molar-refractivity contribution in [2.75, 3.05) is 26.2 Å². The molecule has 2 aromatic rings. The van der Waals surface area contributed by atoms with Gasteiger partial charge in [-0.05, 0) is 38.8 Å². The highest BCUT2D eigenvalue weighted by molar-refractivity contribution is 14.0. The highest BCUT2D eigenvalue weighted by Gasteiger charge is 2.04. The third-order valence-corrected chi connectivity index (χ3v) is 4.54. The first kappa shape index (κ1) is 22.7. The number of para-hydroxylation sites is 1. The quantitative estimate of drug-likeness (QED) is 0.320. The molecule has 0 aliphatic carbocycles. The van der Waals surface area contributed by atoms with Crippen LogP contribution in [0.15, 0.2) is 35.5 Å². The molecule has 0 spiro atoms. The van der Waals surface area contributed by atoms with E-state index in [2.05, 4.69) is 40.5 Å². The van der Waals surface area contributed by atoms with Crippen molar-refractivity contribution in [3.8, 4) is 5.75 Å². The fourth-order valence-electron chi connectivity index (χ4n) is 2.44. The zero-order chi connectivity index (χ0) is 17.9. The van der Waals surface area contributed by atoms with Gasteiger partial charge < -0.3 is 15.4 Å². The van der Waals surface area contributed by atoms with Crippen molar-refractivity contribution in [2.45, 2.75) is 33.6 Å². The predicted octanol–water partition coefficient (Wildman–Crippen LogP) is 3.81. The van der Waals surface area contributed by atoms with Crippen LogP contribution in [-0.4, -0.2) is 37.2 Å². The van der Waals surface area contributed by atoms with Gasteiger partial charge in [-0.2, -0.15) is 0 Å². The van der Waals surface area contributed by atoms with Crippen molar-refractivity contribution in [2.24, 2.45) is 4.99 Å². The number of aryl methyl sites for hydroxylation is 1. The van der Waals surface area contributed by atoms with Crippen LogP contribution >= 0.6 is 35.3 Å². The van der Waals surface area contributed by atoms with Crippen LogP contribution in [0.1, 0.15) is 29.3 Å². The molecule has 0 atom stereocenters. The smallest absolute Gasteiger partial charge is 0.191 e. The fraction of sp³-hybridized carbons (Fsp3) is 0.474. The van der Waals surface area contributed by atoms with Crippen molar-refractivity contribution in [3.63, 3.8) is 0 Å². The molecule has 1 aromatic carbocycles. The molecule has 2 rings (SSSR count). The van der Waals surface area contributed by atoms with E-state index in [0.717, 1.165) is 49.2 Å². The number of hydrogen-bond acceptors (Lipinski definition) is 4. The predicted molar refractivity (Wildman–Crippen MR) is 121 cm³/mol. The summed E-state index contributed by atoms with van der Waals surface area (Å²) in [6, 6.07) is 8.19. The van der Waals surface area contributed by atoms with Gasteiger partial charge in [0.2, 0.25) is 0 Å². The summed E-state index contributed by atoms with van der Waals surface area (Å²) >= 11 is 1.74. The Morgan fingerprint density at radius 1 is 1.19 bits per heavy atom. The number of aromatic nitrogens is 1. The van der Waals surface area contributed by atoms with Crippen LogP contribution < -0.4 is 15.4 Å². The number of ether oxygens (including phenoxy) is 1. The molecule has 0 saturated carbocycles. The lowest BCUT2D eigenvalue weighted by Crippen LogP contribution is -2.38. The van der Waals surface area contributed by atoms with E-state index in [-0.39, 0.29) is 24.0 Å². The summed E-state index contributed by atoms with van der Waals surface area (Å²) in [5, 5.41) is 7.83. The number of thiazole rings is 1. The van der Waals surface area contributed by atoms with Gasteiger partial charge in [-0.3, -0.25) is 4.99 Å². The minimum atomic E-state index is 0. The summed E-state index contributed by atoms with van der Waals surface area (Å²) in [4.78, 5) is 10.3. The number of halogens is 1. The first-order valence-corrected chi connectivity index (χ1v) is 9.68. The lowest BCUT2D eigenvalue weighted by atomic mass is 10.1. The van der Waals surface area contributed by atoms with E-state index < -0.39 is 0 Å². The molecule has 0 radical (unpaired) electrons. The molecule has 0 bridgehead atoms. The van der Waals surface area contributed by atoms with Crippen LogP contribution in [0.25, 0.3) is 0 Å². The summed E-state index contributed by atoms with van der Waals surface area (Å²) in [6.07, 6.45) is 3.69. The van der Waals surface area contributed by atoms with Crippen LogP contribution in [0.4, 0.5) is 0 Å². The third kappa shape index (κ3) is 7.90. The van der Waals surface area contributed by atoms with Gasteiger partial charge in [-0.15, -0.1) is 35.3 Å². The molecule has 0 aliphatic heterocycles. The van der Waals surface area contributed by atoms with Gasteiger partial charge in [0, 0.05) is 37.1 Å². The molecular formula is C19H29IN4OS. The fourth-order valence-corrected chi connectivity index (χ4v) is 3.22. The van der Waals surface area contributed by atoms with Gasteiger partial charge in [0.25, 0.3) is 0 Å². The molecule has 1 heterocycles. The summed E-state index contributed by atoms with van der Waals surface area (Å²) in [5.41, 5.74) is 1.21. The Labute approximate surface area is 177 Å². The Morgan fingerprint density at radius 2 is 2.00 bits per heavy atom. The standard InChI is InChI=1S/C19H28N4OS.HI/c1-4-20-19(22-13-11-18-23-14-15(3)25-18)21-12-10-16-8-6-7-9-17(16)24-5-2;/h6-9,14H,4-5,10-13H2,1-3H3,(H2,20,21,22);1H. The van der Waals surface area contributed by atoms with Gasteiger partial charge in [-0.25, -0.2) is 4.98 Å². The monoisotopic (exact) mass is 488 g/mol. The second-order valence-corrected chi connectivity index (χ2v) is 6.91. The molecule has 0 fully saturated rings. The van der Waals surface area contributed by atoms with E-state index in [1.807, 2.05) is 31.3 Å². The van der Waals surface area contributed by atoms with E-state index in [9.17, 15) is 0 Å². The Bertz CT molecular complexity index is 675. The van der Waals surface area contributed by atoms with Gasteiger partial charge >= 0.3 is 0 Å². The molecule has 5 nitrogen and oxygen atoms in total. The van der Waals surface area contributed by atoms with Gasteiger partial charge in [0.15, 0.2) is 5.96 Å². The molecule has 2 N–H and O–H groups in total. The van der Waals surface area contributed by atoms with Crippen LogP contribution in [-0.2, 0) is 12.8 Å². The summed E-state index contributed by atoms with van der Waals surface area (Å²) < 4.78 is 5.68. The minimum Gasteiger partial charge on any atom is -0.494 e. The maximum absolute atomic E-state index is 5.68. The maximum atomic E-state index is 5.68. The molecule has 0 aliphatic rings. The summed E-state index contributed by atoms with van der Waals surface area (Å²) in [5.74, 6) is 1.82. The highest BCUT2D eigenvalue weighted by atomic mass is 127. The number of aliphatic imine (C=N–C) groups is 1. The number of nitrogens with one attached hydrogen (secondary N) is 2. The summed E-state index contributed by atoms with van der Waals surface area (Å²) in [6.45, 7) is 9.24. The Kier molecular flexibility index (Phi) is 11.3. The molecule has 1 aromatic heterocycles. The third-order valence-electron chi connectivity index (χ3n) is 3.57. The van der Waals surface area contributed by atoms with Crippen LogP contribution in [0.2, 0.25) is 0 Å². The Morgan fingerprint density at radius 3 is 2.69 bits per heavy atom. The number of guanidine groups is 1. The highest BCUT2D eigenvalue weighted by Crippen LogP contribution is 2.18. The van der Waals surface area contributed by atoms with Gasteiger partial charge in [0.05, 0.1) is 11.6 Å². The SMILES string of the molecule is CCNC(=NCCc1ncc(C)s1)NCCc1ccccc1OCC.I.